The normalized spacial score (nSPS) is 11.2. The number of benzene rings is 2. The molecule has 0 saturated heterocycles. The van der Waals surface area contributed by atoms with Crippen LogP contribution in [-0.4, -0.2) is 9.97 Å². The summed E-state index contributed by atoms with van der Waals surface area (Å²) in [5.74, 6) is 0.631. The number of aryl methyl sites for hydroxylation is 1. The number of rotatable bonds is 2. The van der Waals surface area contributed by atoms with Crippen molar-refractivity contribution in [1.82, 2.24) is 9.97 Å². The van der Waals surface area contributed by atoms with Gasteiger partial charge in [-0.2, -0.15) is 0 Å². The van der Waals surface area contributed by atoms with Crippen LogP contribution in [0.3, 0.4) is 0 Å². The zero-order valence-electron chi connectivity index (χ0n) is 11.8. The average molecular weight is 310 g/mol. The van der Waals surface area contributed by atoms with E-state index in [9.17, 15) is 0 Å². The minimum atomic E-state index is 0.631. The molecule has 0 atom stereocenters. The fourth-order valence-corrected chi connectivity index (χ4v) is 2.64. The van der Waals surface area contributed by atoms with E-state index in [1.54, 1.807) is 0 Å². The van der Waals surface area contributed by atoms with Crippen LogP contribution < -0.4 is 5.32 Å². The molecule has 0 aliphatic heterocycles. The van der Waals surface area contributed by atoms with Gasteiger partial charge in [0.05, 0.1) is 0 Å². The minimum absolute atomic E-state index is 0.631. The van der Waals surface area contributed by atoms with Crippen molar-refractivity contribution in [3.8, 4) is 0 Å². The molecule has 2 aromatic carbocycles. The Morgan fingerprint density at radius 1 is 1.09 bits per heavy atom. The van der Waals surface area contributed by atoms with Gasteiger partial charge in [-0.15, -0.1) is 0 Å². The number of nitrogens with zero attached hydrogens (tertiary/aromatic N) is 2. The van der Waals surface area contributed by atoms with Gasteiger partial charge in [0.2, 0.25) is 0 Å². The molecule has 22 heavy (non-hydrogen) atoms. The fraction of sp³-hybridized carbons (Fsp3) is 0.0588. The molecule has 0 bridgehead atoms. The van der Waals surface area contributed by atoms with Gasteiger partial charge in [0, 0.05) is 16.1 Å². The monoisotopic (exact) mass is 309 g/mol. The molecule has 1 N–H and O–H groups in total. The molecule has 5 heteroatoms. The van der Waals surface area contributed by atoms with Crippen molar-refractivity contribution in [1.29, 1.82) is 0 Å². The predicted octanol–water partition coefficient (Wildman–Crippen LogP) is 5.08. The Morgan fingerprint density at radius 3 is 2.86 bits per heavy atom. The summed E-state index contributed by atoms with van der Waals surface area (Å²) in [6, 6.07) is 13.5. The lowest BCUT2D eigenvalue weighted by Crippen LogP contribution is -1.96. The molecule has 2 heterocycles. The number of hydrogen-bond acceptors (Lipinski definition) is 4. The van der Waals surface area contributed by atoms with E-state index < -0.39 is 0 Å². The van der Waals surface area contributed by atoms with Crippen LogP contribution in [0, 0.1) is 6.92 Å². The van der Waals surface area contributed by atoms with E-state index in [4.69, 9.17) is 16.0 Å². The first-order valence-electron chi connectivity index (χ1n) is 6.88. The second-order valence-corrected chi connectivity index (χ2v) is 5.52. The highest BCUT2D eigenvalue weighted by Crippen LogP contribution is 2.32. The van der Waals surface area contributed by atoms with Crippen molar-refractivity contribution < 1.29 is 4.42 Å². The Hall–Kier alpha value is -2.59. The van der Waals surface area contributed by atoms with E-state index in [1.165, 1.54) is 6.33 Å². The molecule has 108 valence electrons. The third-order valence-corrected chi connectivity index (χ3v) is 3.85. The van der Waals surface area contributed by atoms with Crippen molar-refractivity contribution >= 4 is 45.2 Å². The van der Waals surface area contributed by atoms with E-state index in [0.29, 0.717) is 16.4 Å². The summed E-state index contributed by atoms with van der Waals surface area (Å²) in [5, 5.41) is 4.93. The number of hydrogen-bond donors (Lipinski definition) is 1. The van der Waals surface area contributed by atoms with Gasteiger partial charge < -0.3 is 9.73 Å². The molecule has 0 aliphatic carbocycles. The largest absolute Gasteiger partial charge is 0.450 e. The highest BCUT2D eigenvalue weighted by atomic mass is 35.5. The van der Waals surface area contributed by atoms with Crippen molar-refractivity contribution in [2.75, 3.05) is 5.32 Å². The van der Waals surface area contributed by atoms with Crippen LogP contribution in [0.25, 0.3) is 22.1 Å². The molecule has 0 saturated carbocycles. The minimum Gasteiger partial charge on any atom is -0.450 e. The van der Waals surface area contributed by atoms with Crippen LogP contribution in [0.1, 0.15) is 5.56 Å². The van der Waals surface area contributed by atoms with Gasteiger partial charge in [0.25, 0.3) is 0 Å². The maximum Gasteiger partial charge on any atom is 0.196 e. The van der Waals surface area contributed by atoms with E-state index in [0.717, 1.165) is 27.7 Å². The smallest absolute Gasteiger partial charge is 0.196 e. The summed E-state index contributed by atoms with van der Waals surface area (Å²) >= 11 is 6.07. The van der Waals surface area contributed by atoms with Gasteiger partial charge >= 0.3 is 0 Å². The first-order valence-corrected chi connectivity index (χ1v) is 7.25. The van der Waals surface area contributed by atoms with Crippen LogP contribution >= 0.6 is 11.6 Å². The first kappa shape index (κ1) is 13.1. The van der Waals surface area contributed by atoms with Crippen molar-refractivity contribution in [2.24, 2.45) is 0 Å². The maximum absolute atomic E-state index is 6.07. The number of fused-ring (bicyclic) bond motifs is 3. The molecule has 4 nitrogen and oxygen atoms in total. The molecule has 4 rings (SSSR count). The van der Waals surface area contributed by atoms with E-state index >= 15 is 0 Å². The second-order valence-electron chi connectivity index (χ2n) is 5.08. The van der Waals surface area contributed by atoms with Gasteiger partial charge in [-0.1, -0.05) is 29.8 Å². The molecular formula is C17H12ClN3O. The summed E-state index contributed by atoms with van der Waals surface area (Å²) in [6.45, 7) is 2.01. The second kappa shape index (κ2) is 5.00. The standard InChI is InChI=1S/C17H12ClN3O/c1-10-6-7-11(18)8-13(10)21-17-16-15(19-9-20-17)12-4-2-3-5-14(12)22-16/h2-9H,1H3,(H,19,20,21). The Bertz CT molecular complexity index is 994. The highest BCUT2D eigenvalue weighted by molar-refractivity contribution is 6.30. The van der Waals surface area contributed by atoms with Crippen LogP contribution in [0.2, 0.25) is 5.02 Å². The number of halogens is 1. The lowest BCUT2D eigenvalue weighted by molar-refractivity contribution is 0.667. The summed E-state index contributed by atoms with van der Waals surface area (Å²) in [7, 11) is 0. The number of furan rings is 1. The summed E-state index contributed by atoms with van der Waals surface area (Å²) < 4.78 is 5.91. The lowest BCUT2D eigenvalue weighted by atomic mass is 10.2. The highest BCUT2D eigenvalue weighted by Gasteiger charge is 2.13. The van der Waals surface area contributed by atoms with Crippen molar-refractivity contribution in [2.45, 2.75) is 6.92 Å². The molecule has 0 radical (unpaired) electrons. The number of para-hydroxylation sites is 1. The summed E-state index contributed by atoms with van der Waals surface area (Å²) in [6.07, 6.45) is 1.53. The fourth-order valence-electron chi connectivity index (χ4n) is 2.47. The molecule has 0 aliphatic rings. The Balaban J connectivity index is 1.90. The first-order chi connectivity index (χ1) is 10.7. The molecule has 4 aromatic rings. The third-order valence-electron chi connectivity index (χ3n) is 3.61. The van der Waals surface area contributed by atoms with Crippen molar-refractivity contribution in [3.63, 3.8) is 0 Å². The maximum atomic E-state index is 6.07. The van der Waals surface area contributed by atoms with Crippen LogP contribution in [-0.2, 0) is 0 Å². The zero-order valence-corrected chi connectivity index (χ0v) is 12.6. The molecular weight excluding hydrogens is 298 g/mol. The van der Waals surface area contributed by atoms with Crippen LogP contribution in [0.15, 0.2) is 53.2 Å². The van der Waals surface area contributed by atoms with Gasteiger partial charge in [-0.25, -0.2) is 9.97 Å². The van der Waals surface area contributed by atoms with E-state index in [2.05, 4.69) is 15.3 Å². The Labute approximate surface area is 131 Å². The topological polar surface area (TPSA) is 51.0 Å². The molecule has 0 spiro atoms. The van der Waals surface area contributed by atoms with Gasteiger partial charge in [0.15, 0.2) is 11.4 Å². The van der Waals surface area contributed by atoms with Gasteiger partial charge in [-0.3, -0.25) is 0 Å². The zero-order chi connectivity index (χ0) is 15.1. The number of aromatic nitrogens is 2. The SMILES string of the molecule is Cc1ccc(Cl)cc1Nc1ncnc2c1oc1ccccc12. The molecule has 0 amide bonds. The summed E-state index contributed by atoms with van der Waals surface area (Å²) in [4.78, 5) is 8.65. The Kier molecular flexibility index (Phi) is 2.98. The van der Waals surface area contributed by atoms with Gasteiger partial charge in [0.1, 0.15) is 17.4 Å². The Morgan fingerprint density at radius 2 is 1.95 bits per heavy atom. The molecule has 0 fully saturated rings. The number of anilines is 2. The van der Waals surface area contributed by atoms with E-state index in [1.807, 2.05) is 49.4 Å². The van der Waals surface area contributed by atoms with Crippen molar-refractivity contribution in [3.05, 3.63) is 59.4 Å². The third kappa shape index (κ3) is 2.09. The average Bonchev–Trinajstić information content (AvgIpc) is 2.91. The molecule has 0 unspecified atom stereocenters. The quantitative estimate of drug-likeness (QED) is 0.561. The lowest BCUT2D eigenvalue weighted by Gasteiger charge is -2.09. The van der Waals surface area contributed by atoms with Crippen LogP contribution in [0.5, 0.6) is 0 Å². The van der Waals surface area contributed by atoms with Crippen LogP contribution in [0.4, 0.5) is 11.5 Å². The number of nitrogens with one attached hydrogen (secondary N) is 1. The predicted molar refractivity (Wildman–Crippen MR) is 88.8 cm³/mol. The summed E-state index contributed by atoms with van der Waals surface area (Å²) in [5.41, 5.74) is 4.21. The van der Waals surface area contributed by atoms with Gasteiger partial charge in [-0.05, 0) is 36.8 Å². The van der Waals surface area contributed by atoms with E-state index in [-0.39, 0.29) is 0 Å². The molecule has 2 aromatic heterocycles.